The quantitative estimate of drug-likeness (QED) is 0.829. The number of likely N-dealkylation sites (N-methyl/N-ethyl adjacent to an activating group) is 1. The number of likely N-dealkylation sites (tertiary alicyclic amines) is 1. The standard InChI is InChI=1S/C15H31N3/c1-13-5-4-7-15(9-13,11-16)12-18-8-6-14(10-18)17(2)3/h13-14H,4-12,16H2,1-3H3. The van der Waals surface area contributed by atoms with Crippen LogP contribution in [0, 0.1) is 11.3 Å². The summed E-state index contributed by atoms with van der Waals surface area (Å²) in [6.45, 7) is 7.01. The maximum atomic E-state index is 6.14. The average molecular weight is 253 g/mol. The Kier molecular flexibility index (Phi) is 4.68. The molecule has 2 aliphatic rings. The molecule has 0 radical (unpaired) electrons. The number of rotatable bonds is 4. The summed E-state index contributed by atoms with van der Waals surface area (Å²) in [5, 5.41) is 0. The van der Waals surface area contributed by atoms with Crippen molar-refractivity contribution >= 4 is 0 Å². The van der Waals surface area contributed by atoms with Gasteiger partial charge in [0.25, 0.3) is 0 Å². The molecule has 1 saturated heterocycles. The van der Waals surface area contributed by atoms with Gasteiger partial charge in [0.2, 0.25) is 0 Å². The van der Waals surface area contributed by atoms with E-state index in [2.05, 4.69) is 30.8 Å². The van der Waals surface area contributed by atoms with Gasteiger partial charge >= 0.3 is 0 Å². The van der Waals surface area contributed by atoms with Crippen LogP contribution >= 0.6 is 0 Å². The smallest absolute Gasteiger partial charge is 0.0229 e. The summed E-state index contributed by atoms with van der Waals surface area (Å²) in [6, 6.07) is 0.751. The Morgan fingerprint density at radius 1 is 1.33 bits per heavy atom. The molecule has 106 valence electrons. The summed E-state index contributed by atoms with van der Waals surface area (Å²) in [4.78, 5) is 5.04. The van der Waals surface area contributed by atoms with E-state index in [9.17, 15) is 0 Å². The minimum absolute atomic E-state index is 0.416. The molecule has 2 N–H and O–H groups in total. The molecule has 0 amide bonds. The number of nitrogens with zero attached hydrogens (tertiary/aromatic N) is 2. The van der Waals surface area contributed by atoms with Crippen molar-refractivity contribution in [3.63, 3.8) is 0 Å². The maximum Gasteiger partial charge on any atom is 0.0229 e. The van der Waals surface area contributed by atoms with Gasteiger partial charge < -0.3 is 15.5 Å². The SMILES string of the molecule is CC1CCCC(CN)(CN2CCC(N(C)C)C2)C1. The summed E-state index contributed by atoms with van der Waals surface area (Å²) in [5.74, 6) is 0.870. The Hall–Kier alpha value is -0.120. The Bertz CT molecular complexity index is 266. The summed E-state index contributed by atoms with van der Waals surface area (Å²) in [5.41, 5.74) is 6.55. The Morgan fingerprint density at radius 2 is 2.11 bits per heavy atom. The number of nitrogens with two attached hydrogens (primary N) is 1. The molecular formula is C15H31N3. The third-order valence-corrected chi connectivity index (χ3v) is 5.16. The fourth-order valence-electron chi connectivity index (χ4n) is 4.01. The lowest BCUT2D eigenvalue weighted by molar-refractivity contribution is 0.0969. The van der Waals surface area contributed by atoms with Gasteiger partial charge in [0, 0.05) is 19.1 Å². The average Bonchev–Trinajstić information content (AvgIpc) is 2.77. The third-order valence-electron chi connectivity index (χ3n) is 5.16. The van der Waals surface area contributed by atoms with Crippen LogP contribution in [0.25, 0.3) is 0 Å². The minimum Gasteiger partial charge on any atom is -0.330 e. The summed E-state index contributed by atoms with van der Waals surface area (Å²) in [6.07, 6.45) is 6.79. The molecule has 0 aromatic heterocycles. The monoisotopic (exact) mass is 253 g/mol. The molecule has 1 saturated carbocycles. The van der Waals surface area contributed by atoms with Gasteiger partial charge in [-0.2, -0.15) is 0 Å². The molecule has 3 atom stereocenters. The third kappa shape index (κ3) is 3.25. The normalized spacial score (nSPS) is 38.5. The molecule has 2 fully saturated rings. The predicted molar refractivity (Wildman–Crippen MR) is 77.7 cm³/mol. The van der Waals surface area contributed by atoms with E-state index in [-0.39, 0.29) is 0 Å². The van der Waals surface area contributed by atoms with Gasteiger partial charge in [0.05, 0.1) is 0 Å². The zero-order chi connectivity index (χ0) is 13.2. The molecular weight excluding hydrogens is 222 g/mol. The van der Waals surface area contributed by atoms with Crippen LogP contribution in [-0.4, -0.2) is 56.1 Å². The minimum atomic E-state index is 0.416. The van der Waals surface area contributed by atoms with Crippen molar-refractivity contribution in [3.8, 4) is 0 Å². The van der Waals surface area contributed by atoms with Gasteiger partial charge in [-0.05, 0) is 57.8 Å². The number of hydrogen-bond donors (Lipinski definition) is 1. The molecule has 3 heteroatoms. The summed E-state index contributed by atoms with van der Waals surface area (Å²) < 4.78 is 0. The first-order valence-corrected chi connectivity index (χ1v) is 7.63. The van der Waals surface area contributed by atoms with Crippen LogP contribution in [0.3, 0.4) is 0 Å². The van der Waals surface area contributed by atoms with Crippen LogP contribution in [0.15, 0.2) is 0 Å². The lowest BCUT2D eigenvalue weighted by Gasteiger charge is -2.42. The lowest BCUT2D eigenvalue weighted by Crippen LogP contribution is -2.45. The van der Waals surface area contributed by atoms with Crippen LogP contribution in [0.2, 0.25) is 0 Å². The van der Waals surface area contributed by atoms with Gasteiger partial charge in [-0.15, -0.1) is 0 Å². The zero-order valence-electron chi connectivity index (χ0n) is 12.5. The van der Waals surface area contributed by atoms with E-state index in [0.29, 0.717) is 5.41 Å². The Morgan fingerprint density at radius 3 is 2.67 bits per heavy atom. The lowest BCUT2D eigenvalue weighted by atomic mass is 9.70. The summed E-state index contributed by atoms with van der Waals surface area (Å²) >= 11 is 0. The molecule has 1 heterocycles. The van der Waals surface area contributed by atoms with E-state index in [4.69, 9.17) is 5.73 Å². The molecule has 0 spiro atoms. The van der Waals surface area contributed by atoms with E-state index in [1.807, 2.05) is 0 Å². The van der Waals surface area contributed by atoms with Crippen molar-refractivity contribution in [2.75, 3.05) is 40.3 Å². The van der Waals surface area contributed by atoms with Crippen LogP contribution in [0.1, 0.15) is 39.0 Å². The van der Waals surface area contributed by atoms with E-state index < -0.39 is 0 Å². The molecule has 0 aromatic carbocycles. The molecule has 3 unspecified atom stereocenters. The topological polar surface area (TPSA) is 32.5 Å². The highest BCUT2D eigenvalue weighted by molar-refractivity contribution is 4.92. The molecule has 0 bridgehead atoms. The van der Waals surface area contributed by atoms with Crippen molar-refractivity contribution in [3.05, 3.63) is 0 Å². The second-order valence-electron chi connectivity index (χ2n) is 7.05. The molecule has 3 nitrogen and oxygen atoms in total. The van der Waals surface area contributed by atoms with E-state index in [1.54, 1.807) is 0 Å². The highest BCUT2D eigenvalue weighted by Gasteiger charge is 2.37. The highest BCUT2D eigenvalue weighted by Crippen LogP contribution is 2.39. The largest absolute Gasteiger partial charge is 0.330 e. The zero-order valence-corrected chi connectivity index (χ0v) is 12.5. The van der Waals surface area contributed by atoms with Gasteiger partial charge in [0.15, 0.2) is 0 Å². The van der Waals surface area contributed by atoms with E-state index in [1.165, 1.54) is 51.7 Å². The molecule has 2 rings (SSSR count). The predicted octanol–water partition coefficient (Wildman–Crippen LogP) is 1.78. The van der Waals surface area contributed by atoms with Crippen LogP contribution in [0.4, 0.5) is 0 Å². The molecule has 1 aliphatic heterocycles. The fraction of sp³-hybridized carbons (Fsp3) is 1.00. The van der Waals surface area contributed by atoms with Crippen molar-refractivity contribution in [1.82, 2.24) is 9.80 Å². The van der Waals surface area contributed by atoms with Gasteiger partial charge in [0.1, 0.15) is 0 Å². The van der Waals surface area contributed by atoms with Crippen LogP contribution < -0.4 is 5.73 Å². The second-order valence-corrected chi connectivity index (χ2v) is 7.05. The maximum absolute atomic E-state index is 6.14. The van der Waals surface area contributed by atoms with Crippen molar-refractivity contribution in [2.45, 2.75) is 45.1 Å². The first-order valence-electron chi connectivity index (χ1n) is 7.63. The van der Waals surface area contributed by atoms with Crippen molar-refractivity contribution in [1.29, 1.82) is 0 Å². The van der Waals surface area contributed by atoms with Crippen LogP contribution in [0.5, 0.6) is 0 Å². The molecule has 1 aliphatic carbocycles. The Labute approximate surface area is 113 Å². The molecule has 18 heavy (non-hydrogen) atoms. The van der Waals surface area contributed by atoms with E-state index >= 15 is 0 Å². The van der Waals surface area contributed by atoms with Gasteiger partial charge in [-0.1, -0.05) is 19.8 Å². The fourth-order valence-corrected chi connectivity index (χ4v) is 4.01. The first kappa shape index (κ1) is 14.3. The first-order chi connectivity index (χ1) is 8.54. The molecule has 0 aromatic rings. The number of hydrogen-bond acceptors (Lipinski definition) is 3. The van der Waals surface area contributed by atoms with Gasteiger partial charge in [-0.25, -0.2) is 0 Å². The Balaban J connectivity index is 1.91. The summed E-state index contributed by atoms with van der Waals surface area (Å²) in [7, 11) is 4.41. The second kappa shape index (κ2) is 5.89. The van der Waals surface area contributed by atoms with Crippen molar-refractivity contribution in [2.24, 2.45) is 17.1 Å². The van der Waals surface area contributed by atoms with Gasteiger partial charge in [-0.3, -0.25) is 0 Å². The van der Waals surface area contributed by atoms with E-state index in [0.717, 1.165) is 18.5 Å². The van der Waals surface area contributed by atoms with Crippen molar-refractivity contribution < 1.29 is 0 Å². The highest BCUT2D eigenvalue weighted by atomic mass is 15.2. The van der Waals surface area contributed by atoms with Crippen LogP contribution in [-0.2, 0) is 0 Å².